The third-order valence-corrected chi connectivity index (χ3v) is 6.31. The summed E-state index contributed by atoms with van der Waals surface area (Å²) in [6.07, 6.45) is 0. The fourth-order valence-corrected chi connectivity index (χ4v) is 4.62. The Kier molecular flexibility index (Phi) is 5.60. The van der Waals surface area contributed by atoms with Gasteiger partial charge in [0, 0.05) is 16.6 Å². The molecule has 166 valence electrons. The van der Waals surface area contributed by atoms with Crippen LogP contribution in [0.1, 0.15) is 40.2 Å². The lowest BCUT2D eigenvalue weighted by atomic mass is 9.98. The minimum absolute atomic E-state index is 0.0358. The van der Waals surface area contributed by atoms with Crippen molar-refractivity contribution in [3.05, 3.63) is 109 Å². The molecule has 3 aromatic carbocycles. The van der Waals surface area contributed by atoms with Gasteiger partial charge in [0.15, 0.2) is 5.43 Å². The number of rotatable bonds is 5. The molecule has 1 amide bonds. The van der Waals surface area contributed by atoms with Crippen LogP contribution in [-0.4, -0.2) is 17.4 Å². The van der Waals surface area contributed by atoms with E-state index in [1.807, 2.05) is 49.4 Å². The first-order valence-electron chi connectivity index (χ1n) is 10.5. The summed E-state index contributed by atoms with van der Waals surface area (Å²) in [4.78, 5) is 28.8. The van der Waals surface area contributed by atoms with Crippen molar-refractivity contribution in [3.63, 3.8) is 0 Å². The zero-order valence-corrected chi connectivity index (χ0v) is 19.2. The zero-order chi connectivity index (χ0) is 23.1. The lowest BCUT2D eigenvalue weighted by molar-refractivity contribution is 0.0714. The van der Waals surface area contributed by atoms with Gasteiger partial charge < -0.3 is 14.1 Å². The molecule has 0 fully saturated rings. The smallest absolute Gasteiger partial charge is 0.291 e. The first kappa shape index (κ1) is 21.6. The molecule has 1 atom stereocenters. The molecule has 0 radical (unpaired) electrons. The van der Waals surface area contributed by atoms with E-state index in [9.17, 15) is 9.59 Å². The van der Waals surface area contributed by atoms with E-state index in [1.165, 1.54) is 0 Å². The number of hydrogen-bond acceptors (Lipinski definition) is 4. The summed E-state index contributed by atoms with van der Waals surface area (Å²) in [5.41, 5.74) is 1.84. The lowest BCUT2D eigenvalue weighted by Gasteiger charge is -2.26. The van der Waals surface area contributed by atoms with E-state index in [4.69, 9.17) is 32.4 Å². The summed E-state index contributed by atoms with van der Waals surface area (Å²) in [6.45, 7) is 2.61. The molecule has 33 heavy (non-hydrogen) atoms. The molecule has 0 N–H and O–H groups in total. The van der Waals surface area contributed by atoms with Crippen LogP contribution < -0.4 is 10.2 Å². The van der Waals surface area contributed by atoms with E-state index in [0.717, 1.165) is 11.1 Å². The molecule has 0 spiro atoms. The Morgan fingerprint density at radius 1 is 1.00 bits per heavy atom. The third kappa shape index (κ3) is 3.77. The number of hydrogen-bond donors (Lipinski definition) is 0. The Bertz CT molecular complexity index is 1450. The topological polar surface area (TPSA) is 59.8 Å². The van der Waals surface area contributed by atoms with Crippen molar-refractivity contribution >= 4 is 40.1 Å². The fraction of sp³-hybridized carbons (Fsp3) is 0.154. The second-order valence-corrected chi connectivity index (χ2v) is 8.59. The summed E-state index contributed by atoms with van der Waals surface area (Å²) in [7, 11) is 0. The van der Waals surface area contributed by atoms with Gasteiger partial charge >= 0.3 is 0 Å². The van der Waals surface area contributed by atoms with Crippen LogP contribution in [0.4, 0.5) is 0 Å². The van der Waals surface area contributed by atoms with Crippen molar-refractivity contribution in [3.8, 4) is 5.75 Å². The first-order chi connectivity index (χ1) is 16.0. The van der Waals surface area contributed by atoms with Gasteiger partial charge in [0.05, 0.1) is 23.6 Å². The Hall–Kier alpha value is -3.28. The van der Waals surface area contributed by atoms with Crippen LogP contribution in [0.2, 0.25) is 10.0 Å². The van der Waals surface area contributed by atoms with Crippen LogP contribution in [0.5, 0.6) is 5.75 Å². The summed E-state index contributed by atoms with van der Waals surface area (Å²) < 4.78 is 11.6. The predicted molar refractivity (Wildman–Crippen MR) is 128 cm³/mol. The van der Waals surface area contributed by atoms with E-state index < -0.39 is 6.04 Å². The second-order valence-electron chi connectivity index (χ2n) is 7.75. The first-order valence-corrected chi connectivity index (χ1v) is 11.3. The average molecular weight is 480 g/mol. The highest BCUT2D eigenvalue weighted by molar-refractivity contribution is 6.31. The SMILES string of the molecule is CCOc1cccc(C2c3c(oc4ccc(Cl)cc4c3=O)C(=O)N2Cc2ccccc2Cl)c1. The molecule has 1 unspecified atom stereocenters. The Morgan fingerprint density at radius 2 is 1.82 bits per heavy atom. The van der Waals surface area contributed by atoms with Gasteiger partial charge in [-0.3, -0.25) is 9.59 Å². The standard InChI is InChI=1S/C26H19Cl2NO4/c1-2-32-18-8-5-7-15(12-18)23-22-24(30)19-13-17(27)10-11-21(19)33-25(22)26(31)29(23)14-16-6-3-4-9-20(16)28/h3-13,23H,2,14H2,1H3. The maximum Gasteiger partial charge on any atom is 0.291 e. The molecule has 7 heteroatoms. The molecule has 1 aromatic heterocycles. The van der Waals surface area contributed by atoms with Gasteiger partial charge in [-0.15, -0.1) is 0 Å². The van der Waals surface area contributed by atoms with E-state index in [-0.39, 0.29) is 29.2 Å². The fourth-order valence-electron chi connectivity index (χ4n) is 4.25. The van der Waals surface area contributed by atoms with Gasteiger partial charge in [-0.1, -0.05) is 53.5 Å². The van der Waals surface area contributed by atoms with Crippen molar-refractivity contribution < 1.29 is 13.9 Å². The highest BCUT2D eigenvalue weighted by Crippen LogP contribution is 2.40. The van der Waals surface area contributed by atoms with Crippen molar-refractivity contribution in [1.29, 1.82) is 0 Å². The minimum Gasteiger partial charge on any atom is -0.494 e. The van der Waals surface area contributed by atoms with E-state index in [1.54, 1.807) is 29.2 Å². The molecule has 0 saturated heterocycles. The van der Waals surface area contributed by atoms with Gasteiger partial charge in [-0.2, -0.15) is 0 Å². The van der Waals surface area contributed by atoms with Crippen LogP contribution in [-0.2, 0) is 6.54 Å². The number of amides is 1. The summed E-state index contributed by atoms with van der Waals surface area (Å²) in [6, 6.07) is 18.9. The van der Waals surface area contributed by atoms with Crippen molar-refractivity contribution in [2.45, 2.75) is 19.5 Å². The van der Waals surface area contributed by atoms with Crippen LogP contribution in [0.25, 0.3) is 11.0 Å². The van der Waals surface area contributed by atoms with Gasteiger partial charge in [0.1, 0.15) is 11.3 Å². The Morgan fingerprint density at radius 3 is 2.61 bits per heavy atom. The van der Waals surface area contributed by atoms with Crippen LogP contribution in [0.15, 0.2) is 75.9 Å². The number of fused-ring (bicyclic) bond motifs is 2. The molecule has 0 bridgehead atoms. The van der Waals surface area contributed by atoms with Crippen LogP contribution in [0, 0.1) is 0 Å². The molecular weight excluding hydrogens is 461 g/mol. The summed E-state index contributed by atoms with van der Waals surface area (Å²) in [5, 5.41) is 1.29. The molecule has 2 heterocycles. The number of carbonyl (C=O) groups is 1. The summed E-state index contributed by atoms with van der Waals surface area (Å²) in [5.74, 6) is 0.321. The van der Waals surface area contributed by atoms with E-state index in [0.29, 0.717) is 33.4 Å². The highest BCUT2D eigenvalue weighted by atomic mass is 35.5. The molecule has 5 rings (SSSR count). The molecule has 0 aliphatic carbocycles. The number of ether oxygens (including phenoxy) is 1. The van der Waals surface area contributed by atoms with Crippen molar-refractivity contribution in [1.82, 2.24) is 4.90 Å². The maximum absolute atomic E-state index is 13.6. The minimum atomic E-state index is -0.663. The third-order valence-electron chi connectivity index (χ3n) is 5.71. The molecule has 1 aliphatic heterocycles. The monoisotopic (exact) mass is 479 g/mol. The Labute approximate surface area is 200 Å². The predicted octanol–water partition coefficient (Wildman–Crippen LogP) is 6.24. The highest BCUT2D eigenvalue weighted by Gasteiger charge is 2.43. The van der Waals surface area contributed by atoms with Crippen LogP contribution >= 0.6 is 23.2 Å². The molecule has 4 aromatic rings. The van der Waals surface area contributed by atoms with Gasteiger partial charge in [-0.05, 0) is 54.4 Å². The quantitative estimate of drug-likeness (QED) is 0.339. The van der Waals surface area contributed by atoms with Gasteiger partial charge in [-0.25, -0.2) is 0 Å². The molecule has 5 nitrogen and oxygen atoms in total. The normalized spacial score (nSPS) is 15.2. The van der Waals surface area contributed by atoms with E-state index >= 15 is 0 Å². The van der Waals surface area contributed by atoms with E-state index in [2.05, 4.69) is 0 Å². The summed E-state index contributed by atoms with van der Waals surface area (Å²) >= 11 is 12.5. The van der Waals surface area contributed by atoms with Gasteiger partial charge in [0.2, 0.25) is 5.76 Å². The maximum atomic E-state index is 13.6. The van der Waals surface area contributed by atoms with Crippen LogP contribution in [0.3, 0.4) is 0 Å². The number of carbonyl (C=O) groups excluding carboxylic acids is 1. The molecule has 0 saturated carbocycles. The van der Waals surface area contributed by atoms with Crippen molar-refractivity contribution in [2.24, 2.45) is 0 Å². The molecular formula is C26H19Cl2NO4. The zero-order valence-electron chi connectivity index (χ0n) is 17.7. The largest absolute Gasteiger partial charge is 0.494 e. The second kappa shape index (κ2) is 8.58. The van der Waals surface area contributed by atoms with Gasteiger partial charge in [0.25, 0.3) is 5.91 Å². The average Bonchev–Trinajstić information content (AvgIpc) is 3.08. The Balaban J connectivity index is 1.73. The number of benzene rings is 3. The lowest BCUT2D eigenvalue weighted by Crippen LogP contribution is -2.29. The van der Waals surface area contributed by atoms with Crippen molar-refractivity contribution in [2.75, 3.05) is 6.61 Å². The molecule has 1 aliphatic rings. The number of nitrogens with zero attached hydrogens (tertiary/aromatic N) is 1. The number of halogens is 2.